The van der Waals surface area contributed by atoms with Gasteiger partial charge < -0.3 is 9.88 Å². The fraction of sp³-hybridized carbons (Fsp3) is 0.261. The lowest BCUT2D eigenvalue weighted by atomic mass is 9.78. The highest BCUT2D eigenvalue weighted by Crippen LogP contribution is 2.47. The maximum atomic E-state index is 13.3. The maximum absolute atomic E-state index is 13.3. The summed E-state index contributed by atoms with van der Waals surface area (Å²) in [5.41, 5.74) is 8.22. The summed E-state index contributed by atoms with van der Waals surface area (Å²) >= 11 is 0. The van der Waals surface area contributed by atoms with Gasteiger partial charge in [0.15, 0.2) is 5.54 Å². The fourth-order valence-electron chi connectivity index (χ4n) is 4.97. The molecule has 136 valence electrons. The van der Waals surface area contributed by atoms with E-state index in [0.29, 0.717) is 0 Å². The summed E-state index contributed by atoms with van der Waals surface area (Å²) in [6.07, 6.45) is 0.929. The van der Waals surface area contributed by atoms with Crippen LogP contribution in [0.25, 0.3) is 5.69 Å². The number of aromatic nitrogens is 1. The average Bonchev–Trinajstić information content (AvgIpc) is 3.09. The minimum Gasteiger partial charge on any atom is -0.324 e. The summed E-state index contributed by atoms with van der Waals surface area (Å²) in [4.78, 5) is 13.3. The SMILES string of the molecule is Cc1ccc2c(c1)[C@]1(NCCc3c1c(C)n(-c1ccccc1)c3C)C(=O)N2. The van der Waals surface area contributed by atoms with Crippen LogP contribution in [-0.4, -0.2) is 17.0 Å². The number of para-hydroxylation sites is 1. The first-order valence-electron chi connectivity index (χ1n) is 9.48. The lowest BCUT2D eigenvalue weighted by Gasteiger charge is -2.34. The molecule has 4 nitrogen and oxygen atoms in total. The van der Waals surface area contributed by atoms with Gasteiger partial charge in [0.1, 0.15) is 0 Å². The number of fused-ring (bicyclic) bond motifs is 4. The molecule has 0 bridgehead atoms. The number of carbonyl (C=O) groups excluding carboxylic acids is 1. The molecular weight excluding hydrogens is 334 g/mol. The Morgan fingerprint density at radius 3 is 2.56 bits per heavy atom. The molecule has 2 aliphatic rings. The van der Waals surface area contributed by atoms with Gasteiger partial charge in [0.25, 0.3) is 5.91 Å². The minimum atomic E-state index is -0.802. The number of benzene rings is 2. The zero-order valence-corrected chi connectivity index (χ0v) is 15.9. The second-order valence-electron chi connectivity index (χ2n) is 7.63. The van der Waals surface area contributed by atoms with Gasteiger partial charge in [-0.3, -0.25) is 10.1 Å². The molecule has 0 saturated heterocycles. The van der Waals surface area contributed by atoms with Crippen LogP contribution in [0.15, 0.2) is 48.5 Å². The van der Waals surface area contributed by atoms with E-state index in [1.807, 2.05) is 12.1 Å². The second kappa shape index (κ2) is 5.57. The number of hydrogen-bond donors (Lipinski definition) is 2. The van der Waals surface area contributed by atoms with Crippen molar-refractivity contribution in [3.05, 3.63) is 82.2 Å². The quantitative estimate of drug-likeness (QED) is 0.697. The van der Waals surface area contributed by atoms with Crippen LogP contribution < -0.4 is 10.6 Å². The molecule has 1 aromatic heterocycles. The highest BCUT2D eigenvalue weighted by molar-refractivity contribution is 6.09. The fourth-order valence-corrected chi connectivity index (χ4v) is 4.97. The number of amides is 1. The molecule has 0 saturated carbocycles. The average molecular weight is 357 g/mol. The first-order valence-corrected chi connectivity index (χ1v) is 9.48. The Hall–Kier alpha value is -2.85. The largest absolute Gasteiger partial charge is 0.324 e. The Labute approximate surface area is 159 Å². The van der Waals surface area contributed by atoms with Gasteiger partial charge in [-0.25, -0.2) is 0 Å². The summed E-state index contributed by atoms with van der Waals surface area (Å²) < 4.78 is 2.29. The van der Waals surface area contributed by atoms with Crippen molar-refractivity contribution >= 4 is 11.6 Å². The molecule has 4 heteroatoms. The van der Waals surface area contributed by atoms with Crippen molar-refractivity contribution in [2.24, 2.45) is 0 Å². The molecule has 1 atom stereocenters. The molecular formula is C23H23N3O. The second-order valence-corrected chi connectivity index (χ2v) is 7.63. The molecule has 2 N–H and O–H groups in total. The number of hydrogen-bond acceptors (Lipinski definition) is 2. The van der Waals surface area contributed by atoms with Crippen molar-refractivity contribution in [3.8, 4) is 5.69 Å². The van der Waals surface area contributed by atoms with Crippen molar-refractivity contribution in [2.75, 3.05) is 11.9 Å². The van der Waals surface area contributed by atoms with Crippen LogP contribution in [0.1, 0.15) is 33.6 Å². The minimum absolute atomic E-state index is 0.0253. The van der Waals surface area contributed by atoms with Crippen LogP contribution in [0.2, 0.25) is 0 Å². The van der Waals surface area contributed by atoms with Gasteiger partial charge in [0.2, 0.25) is 0 Å². The number of rotatable bonds is 1. The predicted octanol–water partition coefficient (Wildman–Crippen LogP) is 3.74. The Morgan fingerprint density at radius 1 is 1.00 bits per heavy atom. The monoisotopic (exact) mass is 357 g/mol. The van der Waals surface area contributed by atoms with Gasteiger partial charge in [-0.05, 0) is 51.0 Å². The van der Waals surface area contributed by atoms with Gasteiger partial charge in [0.05, 0.1) is 0 Å². The van der Waals surface area contributed by atoms with Crippen molar-refractivity contribution in [3.63, 3.8) is 0 Å². The summed E-state index contributed by atoms with van der Waals surface area (Å²) in [6.45, 7) is 7.16. The molecule has 0 unspecified atom stereocenters. The Bertz CT molecular complexity index is 1080. The third kappa shape index (κ3) is 2.05. The summed E-state index contributed by atoms with van der Waals surface area (Å²) in [6, 6.07) is 16.6. The molecule has 3 heterocycles. The molecule has 2 aromatic carbocycles. The van der Waals surface area contributed by atoms with E-state index in [0.717, 1.165) is 46.7 Å². The van der Waals surface area contributed by atoms with Gasteiger partial charge in [-0.1, -0.05) is 35.9 Å². The first kappa shape index (κ1) is 16.3. The van der Waals surface area contributed by atoms with E-state index in [1.165, 1.54) is 11.3 Å². The Kier molecular flexibility index (Phi) is 3.37. The first-order chi connectivity index (χ1) is 13.0. The van der Waals surface area contributed by atoms with E-state index < -0.39 is 5.54 Å². The van der Waals surface area contributed by atoms with E-state index >= 15 is 0 Å². The summed E-state index contributed by atoms with van der Waals surface area (Å²) in [7, 11) is 0. The molecule has 27 heavy (non-hydrogen) atoms. The Morgan fingerprint density at radius 2 is 1.78 bits per heavy atom. The van der Waals surface area contributed by atoms with E-state index in [1.54, 1.807) is 0 Å². The standard InChI is InChI=1S/C23H23N3O/c1-14-9-10-20-19(13-14)23(22(27)25-20)21-16(3)26(17-7-5-4-6-8-17)15(2)18(21)11-12-24-23/h4-10,13,24H,11-12H2,1-3H3,(H,25,27)/t23-/m1/s1. The van der Waals surface area contributed by atoms with Crippen molar-refractivity contribution in [1.29, 1.82) is 0 Å². The predicted molar refractivity (Wildman–Crippen MR) is 108 cm³/mol. The molecule has 0 fully saturated rings. The highest BCUT2D eigenvalue weighted by Gasteiger charge is 2.52. The molecule has 3 aromatic rings. The van der Waals surface area contributed by atoms with Gasteiger partial charge in [0, 0.05) is 40.4 Å². The molecule has 0 aliphatic carbocycles. The lowest BCUT2D eigenvalue weighted by molar-refractivity contribution is -0.120. The molecule has 2 aliphatic heterocycles. The molecule has 0 radical (unpaired) electrons. The van der Waals surface area contributed by atoms with Crippen LogP contribution in [0, 0.1) is 20.8 Å². The van der Waals surface area contributed by atoms with E-state index in [9.17, 15) is 4.79 Å². The van der Waals surface area contributed by atoms with Gasteiger partial charge >= 0.3 is 0 Å². The zero-order valence-electron chi connectivity index (χ0n) is 15.9. The lowest BCUT2D eigenvalue weighted by Crippen LogP contribution is -2.53. The van der Waals surface area contributed by atoms with Crippen LogP contribution >= 0.6 is 0 Å². The Balaban J connectivity index is 1.83. The van der Waals surface area contributed by atoms with E-state index in [2.05, 4.69) is 72.4 Å². The van der Waals surface area contributed by atoms with Gasteiger partial charge in [-0.2, -0.15) is 0 Å². The summed E-state index contributed by atoms with van der Waals surface area (Å²) in [5.74, 6) is 0.0253. The van der Waals surface area contributed by atoms with Crippen molar-refractivity contribution in [1.82, 2.24) is 9.88 Å². The van der Waals surface area contributed by atoms with E-state index in [-0.39, 0.29) is 5.91 Å². The number of carbonyl (C=O) groups is 1. The normalized spacial score (nSPS) is 20.5. The number of nitrogens with zero attached hydrogens (tertiary/aromatic N) is 1. The topological polar surface area (TPSA) is 46.1 Å². The highest BCUT2D eigenvalue weighted by atomic mass is 16.2. The zero-order chi connectivity index (χ0) is 18.8. The number of nitrogens with one attached hydrogen (secondary N) is 2. The van der Waals surface area contributed by atoms with Crippen molar-refractivity contribution < 1.29 is 4.79 Å². The third-order valence-corrected chi connectivity index (χ3v) is 6.09. The van der Waals surface area contributed by atoms with Crippen LogP contribution in [0.5, 0.6) is 0 Å². The number of aryl methyl sites for hydroxylation is 1. The third-order valence-electron chi connectivity index (χ3n) is 6.09. The van der Waals surface area contributed by atoms with Crippen LogP contribution in [0.3, 0.4) is 0 Å². The van der Waals surface area contributed by atoms with Crippen LogP contribution in [-0.2, 0) is 16.8 Å². The van der Waals surface area contributed by atoms with Gasteiger partial charge in [-0.15, -0.1) is 0 Å². The smallest absolute Gasteiger partial charge is 0.254 e. The van der Waals surface area contributed by atoms with E-state index in [4.69, 9.17) is 0 Å². The number of anilines is 1. The molecule has 1 amide bonds. The molecule has 1 spiro atoms. The summed E-state index contributed by atoms with van der Waals surface area (Å²) in [5, 5.41) is 6.70. The maximum Gasteiger partial charge on any atom is 0.254 e. The molecule has 5 rings (SSSR count). The van der Waals surface area contributed by atoms with Crippen LogP contribution in [0.4, 0.5) is 5.69 Å². The van der Waals surface area contributed by atoms with Crippen molar-refractivity contribution in [2.45, 2.75) is 32.7 Å².